The van der Waals surface area contributed by atoms with Crippen LogP contribution in [0.1, 0.15) is 10.5 Å². The second-order valence-corrected chi connectivity index (χ2v) is 4.43. The van der Waals surface area contributed by atoms with Crippen molar-refractivity contribution in [1.29, 1.82) is 0 Å². The van der Waals surface area contributed by atoms with Crippen LogP contribution in [0.15, 0.2) is 42.6 Å². The third-order valence-electron chi connectivity index (χ3n) is 3.06. The number of H-pyrrole nitrogens is 1. The first-order valence-electron chi connectivity index (χ1n) is 6.26. The van der Waals surface area contributed by atoms with E-state index in [1.807, 2.05) is 0 Å². The maximum atomic E-state index is 13.6. The third-order valence-corrected chi connectivity index (χ3v) is 3.06. The highest BCUT2D eigenvalue weighted by Gasteiger charge is 2.12. The number of aromatic nitrogens is 2. The molecule has 5 nitrogen and oxygen atoms in total. The molecule has 2 heterocycles. The second kappa shape index (κ2) is 5.24. The number of halogens is 1. The van der Waals surface area contributed by atoms with E-state index in [-0.39, 0.29) is 17.4 Å². The molecule has 0 atom stereocenters. The van der Waals surface area contributed by atoms with Gasteiger partial charge in [0.05, 0.1) is 19.0 Å². The fourth-order valence-corrected chi connectivity index (χ4v) is 2.01. The van der Waals surface area contributed by atoms with E-state index in [9.17, 15) is 9.18 Å². The number of carbonyl (C=O) groups is 1. The second-order valence-electron chi connectivity index (χ2n) is 4.43. The van der Waals surface area contributed by atoms with Gasteiger partial charge in [0.25, 0.3) is 5.91 Å². The molecule has 0 aliphatic heterocycles. The van der Waals surface area contributed by atoms with Crippen molar-refractivity contribution in [1.82, 2.24) is 9.97 Å². The van der Waals surface area contributed by atoms with E-state index in [1.54, 1.807) is 24.3 Å². The highest BCUT2D eigenvalue weighted by molar-refractivity contribution is 6.05. The molecule has 0 saturated carbocycles. The van der Waals surface area contributed by atoms with Gasteiger partial charge < -0.3 is 15.0 Å². The molecule has 1 aromatic carbocycles. The molecule has 106 valence electrons. The van der Waals surface area contributed by atoms with Gasteiger partial charge in [0.1, 0.15) is 11.5 Å². The first-order valence-corrected chi connectivity index (χ1v) is 6.26. The molecule has 2 aromatic heterocycles. The molecule has 1 amide bonds. The fourth-order valence-electron chi connectivity index (χ4n) is 2.01. The minimum absolute atomic E-state index is 0.283. The van der Waals surface area contributed by atoms with E-state index in [4.69, 9.17) is 4.74 Å². The number of methoxy groups -OCH3 is 1. The summed E-state index contributed by atoms with van der Waals surface area (Å²) in [6.07, 6.45) is 1.49. The van der Waals surface area contributed by atoms with Crippen molar-refractivity contribution in [3.8, 4) is 5.88 Å². The van der Waals surface area contributed by atoms with Gasteiger partial charge in [-0.25, -0.2) is 9.37 Å². The van der Waals surface area contributed by atoms with Gasteiger partial charge >= 0.3 is 0 Å². The van der Waals surface area contributed by atoms with E-state index in [2.05, 4.69) is 15.3 Å². The van der Waals surface area contributed by atoms with E-state index in [0.717, 1.165) is 0 Å². The number of fused-ring (bicyclic) bond motifs is 1. The van der Waals surface area contributed by atoms with Crippen LogP contribution in [0, 0.1) is 5.82 Å². The molecule has 0 spiro atoms. The van der Waals surface area contributed by atoms with E-state index in [0.29, 0.717) is 22.5 Å². The van der Waals surface area contributed by atoms with E-state index < -0.39 is 0 Å². The zero-order chi connectivity index (χ0) is 14.8. The van der Waals surface area contributed by atoms with Crippen LogP contribution in [0.5, 0.6) is 5.88 Å². The summed E-state index contributed by atoms with van der Waals surface area (Å²) in [5, 5.41) is 3.06. The average molecular weight is 285 g/mol. The van der Waals surface area contributed by atoms with Crippen molar-refractivity contribution in [3.05, 3.63) is 54.1 Å². The number of nitrogens with zero attached hydrogens (tertiary/aromatic N) is 1. The molecule has 0 unspecified atom stereocenters. The van der Waals surface area contributed by atoms with E-state index >= 15 is 0 Å². The SMILES string of the molecule is COc1ccc(NC(=O)c2cc3c(F)cccc3[nH]2)cn1. The molecular formula is C15H12FN3O2. The average Bonchev–Trinajstić information content (AvgIpc) is 2.94. The Balaban J connectivity index is 1.84. The van der Waals surface area contributed by atoms with Crippen LogP contribution < -0.4 is 10.1 Å². The van der Waals surface area contributed by atoms with Crippen LogP contribution in [0.2, 0.25) is 0 Å². The van der Waals surface area contributed by atoms with Gasteiger partial charge in [-0.05, 0) is 24.3 Å². The minimum atomic E-state index is -0.367. The summed E-state index contributed by atoms with van der Waals surface area (Å²) in [5.74, 6) is -0.271. The molecule has 6 heteroatoms. The van der Waals surface area contributed by atoms with Crippen LogP contribution in [-0.2, 0) is 0 Å². The van der Waals surface area contributed by atoms with Gasteiger partial charge in [-0.15, -0.1) is 0 Å². The molecular weight excluding hydrogens is 273 g/mol. The van der Waals surface area contributed by atoms with Gasteiger partial charge in [-0.2, -0.15) is 0 Å². The molecule has 21 heavy (non-hydrogen) atoms. The molecule has 0 bridgehead atoms. The van der Waals surface area contributed by atoms with Gasteiger partial charge in [-0.3, -0.25) is 4.79 Å². The Labute approximate surface area is 119 Å². The van der Waals surface area contributed by atoms with Gasteiger partial charge in [0.2, 0.25) is 5.88 Å². The van der Waals surface area contributed by atoms with Gasteiger partial charge in [0.15, 0.2) is 0 Å². The van der Waals surface area contributed by atoms with Crippen molar-refractivity contribution in [2.24, 2.45) is 0 Å². The number of hydrogen-bond acceptors (Lipinski definition) is 3. The number of amides is 1. The predicted octanol–water partition coefficient (Wildman–Crippen LogP) is 2.96. The van der Waals surface area contributed by atoms with E-state index in [1.165, 1.54) is 25.4 Å². The summed E-state index contributed by atoms with van der Waals surface area (Å²) in [4.78, 5) is 19.0. The topological polar surface area (TPSA) is 67.0 Å². The molecule has 0 aliphatic carbocycles. The lowest BCUT2D eigenvalue weighted by atomic mass is 10.2. The number of hydrogen-bond donors (Lipinski definition) is 2. The van der Waals surface area contributed by atoms with Crippen molar-refractivity contribution >= 4 is 22.5 Å². The molecule has 0 saturated heterocycles. The molecule has 3 rings (SSSR count). The third kappa shape index (κ3) is 2.55. The summed E-state index contributed by atoms with van der Waals surface area (Å²) < 4.78 is 18.5. The Morgan fingerprint density at radius 1 is 1.33 bits per heavy atom. The van der Waals surface area contributed by atoms with Crippen molar-refractivity contribution in [3.63, 3.8) is 0 Å². The number of pyridine rings is 1. The summed E-state index contributed by atoms with van der Waals surface area (Å²) in [6, 6.07) is 9.45. The molecule has 0 aliphatic rings. The van der Waals surface area contributed by atoms with Crippen LogP contribution in [-0.4, -0.2) is 23.0 Å². The number of aromatic amines is 1. The first kappa shape index (κ1) is 13.1. The highest BCUT2D eigenvalue weighted by atomic mass is 19.1. The first-order chi connectivity index (χ1) is 10.2. The predicted molar refractivity (Wildman–Crippen MR) is 77.0 cm³/mol. The van der Waals surface area contributed by atoms with Crippen LogP contribution >= 0.6 is 0 Å². The quantitative estimate of drug-likeness (QED) is 0.777. The Bertz CT molecular complexity index is 796. The standard InChI is InChI=1S/C15H12FN3O2/c1-21-14-6-5-9(8-17-14)18-15(20)13-7-10-11(16)3-2-4-12(10)19-13/h2-8,19H,1H3,(H,18,20). The largest absolute Gasteiger partial charge is 0.481 e. The minimum Gasteiger partial charge on any atom is -0.481 e. The van der Waals surface area contributed by atoms with Crippen LogP contribution in [0.25, 0.3) is 10.9 Å². The monoisotopic (exact) mass is 285 g/mol. The number of nitrogens with one attached hydrogen (secondary N) is 2. The Morgan fingerprint density at radius 3 is 2.86 bits per heavy atom. The molecule has 0 radical (unpaired) electrons. The lowest BCUT2D eigenvalue weighted by Gasteiger charge is -2.04. The maximum absolute atomic E-state index is 13.6. The van der Waals surface area contributed by atoms with Gasteiger partial charge in [-0.1, -0.05) is 6.07 Å². The van der Waals surface area contributed by atoms with Crippen molar-refractivity contribution in [2.75, 3.05) is 12.4 Å². The summed E-state index contributed by atoms with van der Waals surface area (Å²) >= 11 is 0. The normalized spacial score (nSPS) is 10.6. The number of carbonyl (C=O) groups excluding carboxylic acids is 1. The van der Waals surface area contributed by atoms with Gasteiger partial charge in [0, 0.05) is 17.0 Å². The fraction of sp³-hybridized carbons (Fsp3) is 0.0667. The maximum Gasteiger partial charge on any atom is 0.272 e. The van der Waals surface area contributed by atoms with Crippen molar-refractivity contribution in [2.45, 2.75) is 0 Å². The molecule has 2 N–H and O–H groups in total. The Kier molecular flexibility index (Phi) is 3.27. The Morgan fingerprint density at radius 2 is 2.19 bits per heavy atom. The summed E-state index contributed by atoms with van der Waals surface area (Å²) in [5.41, 5.74) is 1.39. The lowest BCUT2D eigenvalue weighted by Crippen LogP contribution is -2.12. The number of ether oxygens (including phenoxy) is 1. The summed E-state index contributed by atoms with van der Waals surface area (Å²) in [7, 11) is 1.51. The van der Waals surface area contributed by atoms with Crippen LogP contribution in [0.3, 0.4) is 0 Å². The number of rotatable bonds is 3. The van der Waals surface area contributed by atoms with Crippen molar-refractivity contribution < 1.29 is 13.9 Å². The number of benzene rings is 1. The zero-order valence-corrected chi connectivity index (χ0v) is 11.2. The highest BCUT2D eigenvalue weighted by Crippen LogP contribution is 2.19. The Hall–Kier alpha value is -2.89. The smallest absolute Gasteiger partial charge is 0.272 e. The lowest BCUT2D eigenvalue weighted by molar-refractivity contribution is 0.102. The summed E-state index contributed by atoms with van der Waals surface area (Å²) in [6.45, 7) is 0. The molecule has 0 fully saturated rings. The van der Waals surface area contributed by atoms with Crippen LogP contribution in [0.4, 0.5) is 10.1 Å². The zero-order valence-electron chi connectivity index (χ0n) is 11.2. The molecule has 3 aromatic rings. The number of anilines is 1.